The number of aromatic nitrogens is 2. The van der Waals surface area contributed by atoms with Gasteiger partial charge in [0, 0.05) is 32.9 Å². The molecule has 61 heavy (non-hydrogen) atoms. The number of hydrogen-bond donors (Lipinski definition) is 0. The van der Waals surface area contributed by atoms with Gasteiger partial charge in [0.15, 0.2) is 5.82 Å². The van der Waals surface area contributed by atoms with E-state index in [1.807, 2.05) is 18.2 Å². The van der Waals surface area contributed by atoms with Crippen molar-refractivity contribution in [1.82, 2.24) is 9.97 Å². The molecule has 12 rings (SSSR count). The summed E-state index contributed by atoms with van der Waals surface area (Å²) in [7, 11) is 0. The molecule has 1 aliphatic rings. The Morgan fingerprint density at radius 1 is 0.377 bits per heavy atom. The highest BCUT2D eigenvalue weighted by molar-refractivity contribution is 6.12. The minimum Gasteiger partial charge on any atom is -0.456 e. The monoisotopic (exact) mass is 778 g/mol. The normalized spacial score (nSPS) is 14.4. The molecule has 0 bridgehead atoms. The van der Waals surface area contributed by atoms with E-state index in [0.29, 0.717) is 5.82 Å². The van der Waals surface area contributed by atoms with Gasteiger partial charge in [0.25, 0.3) is 0 Å². The van der Waals surface area contributed by atoms with Crippen molar-refractivity contribution in [3.8, 4) is 67.3 Å². The second-order valence-electron chi connectivity index (χ2n) is 16.3. The quantitative estimate of drug-likeness (QED) is 0.169. The minimum atomic E-state index is -0.331. The number of para-hydroxylation sites is 1. The van der Waals surface area contributed by atoms with Gasteiger partial charge < -0.3 is 4.42 Å². The highest BCUT2D eigenvalue weighted by Crippen LogP contribution is 2.53. The van der Waals surface area contributed by atoms with Crippen LogP contribution in [0.1, 0.15) is 23.6 Å². The molecule has 0 fully saturated rings. The van der Waals surface area contributed by atoms with Gasteiger partial charge in [0.2, 0.25) is 0 Å². The van der Waals surface area contributed by atoms with Crippen LogP contribution in [-0.4, -0.2) is 9.97 Å². The molecule has 11 aromatic rings. The van der Waals surface area contributed by atoms with Crippen LogP contribution in [0.2, 0.25) is 0 Å². The molecule has 0 aliphatic heterocycles. The largest absolute Gasteiger partial charge is 0.456 e. The van der Waals surface area contributed by atoms with Crippen molar-refractivity contribution in [3.63, 3.8) is 0 Å². The molecular weight excluding hydrogens is 741 g/mol. The van der Waals surface area contributed by atoms with Crippen molar-refractivity contribution in [2.45, 2.75) is 12.3 Å². The Hall–Kier alpha value is -7.88. The molecule has 0 saturated heterocycles. The molecule has 1 unspecified atom stereocenters. The Morgan fingerprint density at radius 3 is 1.89 bits per heavy atom. The van der Waals surface area contributed by atoms with Crippen LogP contribution in [0.25, 0.3) is 100.0 Å². The van der Waals surface area contributed by atoms with E-state index >= 15 is 0 Å². The Morgan fingerprint density at radius 2 is 1.02 bits per heavy atom. The molecule has 2 aromatic heterocycles. The molecule has 286 valence electrons. The summed E-state index contributed by atoms with van der Waals surface area (Å²) in [5.74, 6) is 0.684. The Kier molecular flexibility index (Phi) is 7.98. The first-order valence-electron chi connectivity index (χ1n) is 20.9. The molecule has 0 radical (unpaired) electrons. The lowest BCUT2D eigenvalue weighted by atomic mass is 9.74. The predicted molar refractivity (Wildman–Crippen MR) is 251 cm³/mol. The van der Waals surface area contributed by atoms with Gasteiger partial charge in [-0.25, -0.2) is 9.97 Å². The van der Waals surface area contributed by atoms with E-state index in [1.165, 1.54) is 38.6 Å². The number of nitrogens with zero attached hydrogens (tertiary/aromatic N) is 2. The number of fused-ring (bicyclic) bond motifs is 7. The topological polar surface area (TPSA) is 38.9 Å². The van der Waals surface area contributed by atoms with Crippen molar-refractivity contribution in [2.24, 2.45) is 0 Å². The Balaban J connectivity index is 1.09. The maximum absolute atomic E-state index is 6.40. The maximum Gasteiger partial charge on any atom is 0.160 e. The van der Waals surface area contributed by atoms with Gasteiger partial charge in [-0.05, 0) is 116 Å². The zero-order chi connectivity index (χ0) is 40.5. The standard InChI is InChI=1S/C58H38N2O/c1-58(45-19-6-3-7-20-45)50-24-12-10-21-47(50)48-30-29-41(35-51(48)58)52-36-53(60-57(59-52)38-16-4-2-5-17-38)44-33-42(40-28-27-37-15-8-9-18-39(37)31-40)32-43(34-44)46-23-14-26-55-56(46)49-22-11-13-25-54(49)61-55/h2-36H,1H3. The van der Waals surface area contributed by atoms with Crippen molar-refractivity contribution in [2.75, 3.05) is 0 Å². The van der Waals surface area contributed by atoms with E-state index in [-0.39, 0.29) is 5.41 Å². The molecule has 0 spiro atoms. The average Bonchev–Trinajstić information content (AvgIpc) is 3.84. The maximum atomic E-state index is 6.40. The number of hydrogen-bond acceptors (Lipinski definition) is 3. The van der Waals surface area contributed by atoms with Gasteiger partial charge in [-0.15, -0.1) is 0 Å². The first-order chi connectivity index (χ1) is 30.1. The highest BCUT2D eigenvalue weighted by atomic mass is 16.3. The zero-order valence-electron chi connectivity index (χ0n) is 33.5. The van der Waals surface area contributed by atoms with Crippen LogP contribution in [0.15, 0.2) is 217 Å². The first kappa shape index (κ1) is 35.1. The van der Waals surface area contributed by atoms with Crippen molar-refractivity contribution in [1.29, 1.82) is 0 Å². The summed E-state index contributed by atoms with van der Waals surface area (Å²) < 4.78 is 6.40. The van der Waals surface area contributed by atoms with Gasteiger partial charge in [0.1, 0.15) is 11.2 Å². The molecular formula is C58H38N2O. The Bertz CT molecular complexity index is 3490. The summed E-state index contributed by atoms with van der Waals surface area (Å²) in [4.78, 5) is 10.7. The van der Waals surface area contributed by atoms with Crippen LogP contribution in [0.3, 0.4) is 0 Å². The van der Waals surface area contributed by atoms with Crippen molar-refractivity contribution >= 4 is 32.7 Å². The van der Waals surface area contributed by atoms with E-state index in [1.54, 1.807) is 0 Å². The van der Waals surface area contributed by atoms with Crippen LogP contribution >= 0.6 is 0 Å². The first-order valence-corrected chi connectivity index (χ1v) is 20.9. The molecule has 3 nitrogen and oxygen atoms in total. The predicted octanol–water partition coefficient (Wildman–Crippen LogP) is 15.2. The highest BCUT2D eigenvalue weighted by Gasteiger charge is 2.40. The number of furan rings is 1. The summed E-state index contributed by atoms with van der Waals surface area (Å²) in [6, 6.07) is 75.9. The van der Waals surface area contributed by atoms with E-state index in [2.05, 4.69) is 201 Å². The number of rotatable bonds is 6. The molecule has 0 amide bonds. The lowest BCUT2D eigenvalue weighted by Crippen LogP contribution is -2.22. The van der Waals surface area contributed by atoms with Crippen LogP contribution in [0.5, 0.6) is 0 Å². The lowest BCUT2D eigenvalue weighted by molar-refractivity contribution is 0.669. The summed E-state index contributed by atoms with van der Waals surface area (Å²) in [5, 5.41) is 4.62. The molecule has 1 atom stereocenters. The molecule has 9 aromatic carbocycles. The zero-order valence-corrected chi connectivity index (χ0v) is 33.5. The fourth-order valence-corrected chi connectivity index (χ4v) is 9.67. The summed E-state index contributed by atoms with van der Waals surface area (Å²) in [6.07, 6.45) is 0. The van der Waals surface area contributed by atoms with Gasteiger partial charge in [-0.2, -0.15) is 0 Å². The van der Waals surface area contributed by atoms with Crippen LogP contribution < -0.4 is 0 Å². The fourth-order valence-electron chi connectivity index (χ4n) is 9.67. The van der Waals surface area contributed by atoms with Crippen LogP contribution in [-0.2, 0) is 5.41 Å². The molecule has 0 N–H and O–H groups in total. The SMILES string of the molecule is CC1(c2ccccc2)c2ccccc2-c2ccc(-c3cc(-c4cc(-c5ccc6ccccc6c5)cc(-c5cccc6oc7ccccc7c56)c4)nc(-c4ccccc4)n3)cc21. The van der Waals surface area contributed by atoms with E-state index in [0.717, 1.165) is 72.3 Å². The fraction of sp³-hybridized carbons (Fsp3) is 0.0345. The van der Waals surface area contributed by atoms with E-state index < -0.39 is 0 Å². The van der Waals surface area contributed by atoms with Gasteiger partial charge in [0.05, 0.1) is 11.4 Å². The molecule has 3 heteroatoms. The molecule has 2 heterocycles. The summed E-state index contributed by atoms with van der Waals surface area (Å²) in [5.41, 5.74) is 17.0. The minimum absolute atomic E-state index is 0.331. The van der Waals surface area contributed by atoms with Gasteiger partial charge >= 0.3 is 0 Å². The average molecular weight is 779 g/mol. The van der Waals surface area contributed by atoms with Crippen LogP contribution in [0.4, 0.5) is 0 Å². The summed E-state index contributed by atoms with van der Waals surface area (Å²) >= 11 is 0. The van der Waals surface area contributed by atoms with Crippen LogP contribution in [0, 0.1) is 0 Å². The smallest absolute Gasteiger partial charge is 0.160 e. The van der Waals surface area contributed by atoms with E-state index in [4.69, 9.17) is 14.4 Å². The second kappa shape index (κ2) is 13.9. The molecule has 1 aliphatic carbocycles. The third-order valence-corrected chi connectivity index (χ3v) is 12.7. The van der Waals surface area contributed by atoms with Crippen molar-refractivity contribution < 1.29 is 4.42 Å². The Labute approximate surface area is 354 Å². The van der Waals surface area contributed by atoms with Crippen molar-refractivity contribution in [3.05, 3.63) is 229 Å². The van der Waals surface area contributed by atoms with Gasteiger partial charge in [-0.1, -0.05) is 164 Å². The second-order valence-corrected chi connectivity index (χ2v) is 16.3. The lowest BCUT2D eigenvalue weighted by Gasteiger charge is -2.28. The third-order valence-electron chi connectivity index (χ3n) is 12.7. The third kappa shape index (κ3) is 5.73. The van der Waals surface area contributed by atoms with E-state index in [9.17, 15) is 0 Å². The van der Waals surface area contributed by atoms with Gasteiger partial charge in [-0.3, -0.25) is 0 Å². The molecule has 0 saturated carbocycles. The summed E-state index contributed by atoms with van der Waals surface area (Å²) in [6.45, 7) is 2.36. The number of benzene rings is 9.